The smallest absolute Gasteiger partial charge is 0.274 e. The lowest BCUT2D eigenvalue weighted by Crippen LogP contribution is -2.44. The fourth-order valence-corrected chi connectivity index (χ4v) is 2.23. The van der Waals surface area contributed by atoms with Gasteiger partial charge in [0.15, 0.2) is 0 Å². The van der Waals surface area contributed by atoms with Gasteiger partial charge in [0.05, 0.1) is 29.9 Å². The number of carbonyl (C=O) groups is 1. The zero-order chi connectivity index (χ0) is 13.2. The van der Waals surface area contributed by atoms with Crippen molar-refractivity contribution in [2.45, 2.75) is 13.0 Å². The van der Waals surface area contributed by atoms with Crippen LogP contribution in [-0.4, -0.2) is 46.6 Å². The van der Waals surface area contributed by atoms with Crippen LogP contribution in [-0.2, 0) is 4.74 Å². The average Bonchev–Trinajstić information content (AvgIpc) is 2.46. The lowest BCUT2D eigenvalue weighted by Gasteiger charge is -2.30. The van der Waals surface area contributed by atoms with Crippen LogP contribution in [0.4, 0.5) is 0 Å². The summed E-state index contributed by atoms with van der Waals surface area (Å²) >= 11 is 0. The first-order valence-corrected chi connectivity index (χ1v) is 6.37. The van der Waals surface area contributed by atoms with Crippen LogP contribution in [0.2, 0.25) is 0 Å². The molecule has 0 aliphatic carbocycles. The van der Waals surface area contributed by atoms with Gasteiger partial charge in [-0.3, -0.25) is 9.78 Å². The molecule has 5 nitrogen and oxygen atoms in total. The molecule has 0 spiro atoms. The molecule has 1 aliphatic rings. The van der Waals surface area contributed by atoms with Crippen LogP contribution >= 0.6 is 0 Å². The molecule has 0 N–H and O–H groups in total. The van der Waals surface area contributed by atoms with Crippen LogP contribution in [0, 0.1) is 0 Å². The van der Waals surface area contributed by atoms with E-state index in [4.69, 9.17) is 4.74 Å². The van der Waals surface area contributed by atoms with Gasteiger partial charge in [0.2, 0.25) is 0 Å². The summed E-state index contributed by atoms with van der Waals surface area (Å²) in [4.78, 5) is 22.8. The number of benzene rings is 1. The molecule has 2 aromatic rings. The third kappa shape index (κ3) is 2.42. The van der Waals surface area contributed by atoms with Crippen LogP contribution in [0.1, 0.15) is 17.4 Å². The number of ether oxygens (including phenoxy) is 1. The van der Waals surface area contributed by atoms with Gasteiger partial charge in [-0.25, -0.2) is 4.98 Å². The highest BCUT2D eigenvalue weighted by molar-refractivity contribution is 5.93. The van der Waals surface area contributed by atoms with Gasteiger partial charge < -0.3 is 9.64 Å². The molecule has 0 radical (unpaired) electrons. The van der Waals surface area contributed by atoms with E-state index in [1.807, 2.05) is 31.2 Å². The Morgan fingerprint density at radius 2 is 2.16 bits per heavy atom. The Labute approximate surface area is 111 Å². The monoisotopic (exact) mass is 257 g/mol. The second-order valence-electron chi connectivity index (χ2n) is 4.68. The topological polar surface area (TPSA) is 55.3 Å². The van der Waals surface area contributed by atoms with Gasteiger partial charge in [0.1, 0.15) is 5.69 Å². The molecule has 0 saturated carbocycles. The highest BCUT2D eigenvalue weighted by atomic mass is 16.5. The summed E-state index contributed by atoms with van der Waals surface area (Å²) in [7, 11) is 0. The van der Waals surface area contributed by atoms with Gasteiger partial charge in [-0.05, 0) is 19.1 Å². The number of rotatable bonds is 1. The Kier molecular flexibility index (Phi) is 3.13. The zero-order valence-electron chi connectivity index (χ0n) is 10.7. The van der Waals surface area contributed by atoms with Crippen molar-refractivity contribution in [3.8, 4) is 0 Å². The van der Waals surface area contributed by atoms with E-state index in [2.05, 4.69) is 9.97 Å². The number of hydrogen-bond acceptors (Lipinski definition) is 4. The van der Waals surface area contributed by atoms with Crippen molar-refractivity contribution in [2.75, 3.05) is 19.7 Å². The van der Waals surface area contributed by atoms with Crippen LogP contribution < -0.4 is 0 Å². The molecule has 1 saturated heterocycles. The lowest BCUT2D eigenvalue weighted by molar-refractivity contribution is -0.0126. The maximum Gasteiger partial charge on any atom is 0.274 e. The van der Waals surface area contributed by atoms with E-state index < -0.39 is 0 Å². The van der Waals surface area contributed by atoms with Crippen molar-refractivity contribution >= 4 is 16.9 Å². The van der Waals surface area contributed by atoms with E-state index in [0.29, 0.717) is 25.4 Å². The summed E-state index contributed by atoms with van der Waals surface area (Å²) in [6.45, 7) is 3.75. The molecule has 1 aromatic carbocycles. The van der Waals surface area contributed by atoms with E-state index in [0.717, 1.165) is 11.0 Å². The first-order chi connectivity index (χ1) is 9.24. The number of carbonyl (C=O) groups excluding carboxylic acids is 1. The number of para-hydroxylation sites is 2. The van der Waals surface area contributed by atoms with Gasteiger partial charge in [0, 0.05) is 13.1 Å². The molecule has 98 valence electrons. The summed E-state index contributed by atoms with van der Waals surface area (Å²) in [5, 5.41) is 0. The van der Waals surface area contributed by atoms with Crippen molar-refractivity contribution in [3.05, 3.63) is 36.2 Å². The maximum atomic E-state index is 12.4. The quantitative estimate of drug-likeness (QED) is 0.776. The molecule has 3 rings (SSSR count). The third-order valence-corrected chi connectivity index (χ3v) is 3.20. The normalized spacial score (nSPS) is 19.6. The fraction of sp³-hybridized carbons (Fsp3) is 0.357. The van der Waals surface area contributed by atoms with E-state index in [1.54, 1.807) is 11.1 Å². The van der Waals surface area contributed by atoms with Crippen molar-refractivity contribution in [1.29, 1.82) is 0 Å². The molecule has 1 amide bonds. The molecular formula is C14H15N3O2. The molecule has 1 aromatic heterocycles. The van der Waals surface area contributed by atoms with E-state index >= 15 is 0 Å². The molecule has 1 atom stereocenters. The molecule has 1 fully saturated rings. The highest BCUT2D eigenvalue weighted by Crippen LogP contribution is 2.12. The Bertz CT molecular complexity index is 614. The van der Waals surface area contributed by atoms with Crippen molar-refractivity contribution < 1.29 is 9.53 Å². The summed E-state index contributed by atoms with van der Waals surface area (Å²) in [6, 6.07) is 7.54. The Morgan fingerprint density at radius 1 is 1.37 bits per heavy atom. The van der Waals surface area contributed by atoms with Gasteiger partial charge in [-0.15, -0.1) is 0 Å². The minimum Gasteiger partial charge on any atom is -0.375 e. The van der Waals surface area contributed by atoms with Crippen molar-refractivity contribution in [3.63, 3.8) is 0 Å². The summed E-state index contributed by atoms with van der Waals surface area (Å²) in [5.74, 6) is -0.0756. The second kappa shape index (κ2) is 4.93. The molecule has 5 heteroatoms. The molecule has 2 heterocycles. The summed E-state index contributed by atoms with van der Waals surface area (Å²) in [6.07, 6.45) is 1.62. The van der Waals surface area contributed by atoms with Gasteiger partial charge >= 0.3 is 0 Å². The molecule has 19 heavy (non-hydrogen) atoms. The van der Waals surface area contributed by atoms with Gasteiger partial charge in [0.25, 0.3) is 5.91 Å². The van der Waals surface area contributed by atoms with E-state index in [9.17, 15) is 4.79 Å². The lowest BCUT2D eigenvalue weighted by atomic mass is 10.2. The van der Waals surface area contributed by atoms with Crippen molar-refractivity contribution in [2.24, 2.45) is 0 Å². The maximum absolute atomic E-state index is 12.4. The van der Waals surface area contributed by atoms with Crippen LogP contribution in [0.5, 0.6) is 0 Å². The number of fused-ring (bicyclic) bond motifs is 1. The highest BCUT2D eigenvalue weighted by Gasteiger charge is 2.23. The largest absolute Gasteiger partial charge is 0.375 e. The standard InChI is InChI=1S/C14H15N3O2/c1-10-9-17(6-7-19-10)14(18)13-8-15-11-4-2-3-5-12(11)16-13/h2-5,8,10H,6-7,9H2,1H3/t10-/m1/s1. The number of amides is 1. The van der Waals surface area contributed by atoms with Crippen LogP contribution in [0.25, 0.3) is 11.0 Å². The van der Waals surface area contributed by atoms with Gasteiger partial charge in [-0.2, -0.15) is 0 Å². The zero-order valence-corrected chi connectivity index (χ0v) is 10.7. The van der Waals surface area contributed by atoms with Gasteiger partial charge in [-0.1, -0.05) is 12.1 Å². The predicted molar refractivity (Wildman–Crippen MR) is 70.9 cm³/mol. The Balaban J connectivity index is 1.88. The van der Waals surface area contributed by atoms with E-state index in [-0.39, 0.29) is 12.0 Å². The third-order valence-electron chi connectivity index (χ3n) is 3.20. The average molecular weight is 257 g/mol. The summed E-state index contributed by atoms with van der Waals surface area (Å²) < 4.78 is 5.43. The number of hydrogen-bond donors (Lipinski definition) is 0. The first kappa shape index (κ1) is 12.0. The predicted octanol–water partition coefficient (Wildman–Crippen LogP) is 1.49. The molecule has 1 aliphatic heterocycles. The molecule has 0 bridgehead atoms. The minimum absolute atomic E-state index is 0.0751. The first-order valence-electron chi connectivity index (χ1n) is 6.37. The van der Waals surface area contributed by atoms with E-state index in [1.165, 1.54) is 0 Å². The number of aromatic nitrogens is 2. The van der Waals surface area contributed by atoms with Crippen LogP contribution in [0.15, 0.2) is 30.5 Å². The number of nitrogens with zero attached hydrogens (tertiary/aromatic N) is 3. The molecule has 0 unspecified atom stereocenters. The summed E-state index contributed by atoms with van der Waals surface area (Å²) in [5.41, 5.74) is 1.94. The van der Waals surface area contributed by atoms with Crippen LogP contribution in [0.3, 0.4) is 0 Å². The SMILES string of the molecule is C[C@@H]1CN(C(=O)c2cnc3ccccc3n2)CCO1. The second-order valence-corrected chi connectivity index (χ2v) is 4.68. The van der Waals surface area contributed by atoms with Crippen molar-refractivity contribution in [1.82, 2.24) is 14.9 Å². The fourth-order valence-electron chi connectivity index (χ4n) is 2.23. The number of morpholine rings is 1. The Morgan fingerprint density at radius 3 is 2.95 bits per heavy atom. The Hall–Kier alpha value is -2.01. The molecular weight excluding hydrogens is 242 g/mol. The minimum atomic E-state index is -0.0756.